The average Bonchev–Trinajstić information content (AvgIpc) is 3.26. The maximum absolute atomic E-state index is 13.3. The van der Waals surface area contributed by atoms with E-state index >= 15 is 0 Å². The predicted octanol–water partition coefficient (Wildman–Crippen LogP) is -1.52. The Hall–Kier alpha value is -2.48. The minimum Gasteiger partial charge on any atom is -0.481 e. The van der Waals surface area contributed by atoms with Crippen LogP contribution in [0.5, 0.6) is 0 Å². The average molecular weight is 520 g/mol. The molecule has 5 amide bonds. The molecule has 0 spiro atoms. The molecule has 1 rings (SSSR count). The molecule has 14 heteroatoms. The van der Waals surface area contributed by atoms with Crippen LogP contribution >= 0.6 is 24.4 Å². The molecule has 0 aromatic rings. The molecule has 1 saturated heterocycles. The van der Waals surface area contributed by atoms with E-state index in [9.17, 15) is 28.8 Å². The second-order valence-corrected chi connectivity index (χ2v) is 9.21. The lowest BCUT2D eigenvalue weighted by Crippen LogP contribution is -2.58. The van der Waals surface area contributed by atoms with E-state index < -0.39 is 59.7 Å². The molecule has 1 aliphatic heterocycles. The van der Waals surface area contributed by atoms with Crippen molar-refractivity contribution in [2.75, 3.05) is 24.3 Å². The Bertz CT molecular complexity index is 782. The molecule has 0 radical (unpaired) electrons. The van der Waals surface area contributed by atoms with E-state index in [1.807, 2.05) is 6.26 Å². The number of aliphatic carboxylic acids is 1. The minimum absolute atomic E-state index is 0.00895. The number of carboxylic acid groups (broad SMARTS) is 1. The lowest BCUT2D eigenvalue weighted by atomic mass is 10.1. The molecule has 1 fully saturated rings. The van der Waals surface area contributed by atoms with Crippen LogP contribution in [0.3, 0.4) is 0 Å². The fraction of sp³-hybridized carbons (Fsp3) is 0.700. The number of hydrogen-bond donors (Lipinski definition) is 6. The Kier molecular flexibility index (Phi) is 12.8. The van der Waals surface area contributed by atoms with Gasteiger partial charge < -0.3 is 31.7 Å². The summed E-state index contributed by atoms with van der Waals surface area (Å²) in [6.07, 6.45) is 2.56. The van der Waals surface area contributed by atoms with Crippen LogP contribution in [0.2, 0.25) is 0 Å². The summed E-state index contributed by atoms with van der Waals surface area (Å²) in [5, 5.41) is 16.5. The quantitative estimate of drug-likeness (QED) is 0.149. The normalized spacial score (nSPS) is 17.9. The molecule has 34 heavy (non-hydrogen) atoms. The summed E-state index contributed by atoms with van der Waals surface area (Å²) in [4.78, 5) is 74.1. The highest BCUT2D eigenvalue weighted by Gasteiger charge is 2.39. The van der Waals surface area contributed by atoms with Gasteiger partial charge in [-0.25, -0.2) is 0 Å². The fourth-order valence-corrected chi connectivity index (χ4v) is 4.27. The SMILES string of the molecule is CSCC[C@H](NC(=O)C(CCC(=O)O)NC(C)=O)C(=O)N1CCCC1C(=O)N[C@H](CS)C(N)=O. The van der Waals surface area contributed by atoms with Gasteiger partial charge in [0.1, 0.15) is 24.2 Å². The van der Waals surface area contributed by atoms with E-state index in [0.29, 0.717) is 25.1 Å². The van der Waals surface area contributed by atoms with Crippen molar-refractivity contribution in [1.29, 1.82) is 0 Å². The lowest BCUT2D eigenvalue weighted by molar-refractivity contribution is -0.142. The number of carbonyl (C=O) groups excluding carboxylic acids is 5. The zero-order chi connectivity index (χ0) is 25.8. The van der Waals surface area contributed by atoms with Crippen LogP contribution in [0.25, 0.3) is 0 Å². The summed E-state index contributed by atoms with van der Waals surface area (Å²) >= 11 is 5.47. The van der Waals surface area contributed by atoms with Crippen LogP contribution in [0.1, 0.15) is 39.0 Å². The molecule has 6 N–H and O–H groups in total. The Morgan fingerprint density at radius 1 is 1.09 bits per heavy atom. The van der Waals surface area contributed by atoms with E-state index in [4.69, 9.17) is 10.8 Å². The van der Waals surface area contributed by atoms with Crippen LogP contribution in [-0.2, 0) is 28.8 Å². The van der Waals surface area contributed by atoms with Crippen LogP contribution < -0.4 is 21.7 Å². The standard InChI is InChI=1S/C20H33N5O7S2/c1-11(26)22-12(5-6-16(27)28)18(30)23-13(7-9-34-2)20(32)25-8-3-4-15(25)19(31)24-14(10-33)17(21)29/h12-15,33H,3-10H2,1-2H3,(H2,21,29)(H,22,26)(H,23,30)(H,24,31)(H,27,28)/t12?,13-,14+,15?/m0/s1. The van der Waals surface area contributed by atoms with Gasteiger partial charge in [0.2, 0.25) is 29.5 Å². The molecule has 0 aromatic carbocycles. The number of carbonyl (C=O) groups is 6. The van der Waals surface area contributed by atoms with Gasteiger partial charge in [0.15, 0.2) is 0 Å². The summed E-state index contributed by atoms with van der Waals surface area (Å²) in [5.74, 6) is -3.52. The molecule has 4 atom stereocenters. The Morgan fingerprint density at radius 2 is 1.76 bits per heavy atom. The summed E-state index contributed by atoms with van der Waals surface area (Å²) in [5.41, 5.74) is 5.25. The first-order valence-electron chi connectivity index (χ1n) is 10.8. The van der Waals surface area contributed by atoms with Gasteiger partial charge in [-0.3, -0.25) is 28.8 Å². The van der Waals surface area contributed by atoms with Crippen molar-refractivity contribution in [1.82, 2.24) is 20.9 Å². The van der Waals surface area contributed by atoms with E-state index in [1.54, 1.807) is 0 Å². The smallest absolute Gasteiger partial charge is 0.303 e. The highest BCUT2D eigenvalue weighted by atomic mass is 32.2. The van der Waals surface area contributed by atoms with E-state index in [0.717, 1.165) is 0 Å². The van der Waals surface area contributed by atoms with Crippen LogP contribution in [0.4, 0.5) is 0 Å². The van der Waals surface area contributed by atoms with Crippen molar-refractivity contribution in [3.05, 3.63) is 0 Å². The van der Waals surface area contributed by atoms with Gasteiger partial charge in [-0.15, -0.1) is 0 Å². The molecule has 2 unspecified atom stereocenters. The second-order valence-electron chi connectivity index (χ2n) is 7.86. The first-order chi connectivity index (χ1) is 16.0. The van der Waals surface area contributed by atoms with Crippen molar-refractivity contribution in [3.8, 4) is 0 Å². The molecule has 192 valence electrons. The van der Waals surface area contributed by atoms with Gasteiger partial charge in [0.25, 0.3) is 0 Å². The number of carboxylic acids is 1. The summed E-state index contributed by atoms with van der Waals surface area (Å²) in [6.45, 7) is 1.49. The third kappa shape index (κ3) is 9.41. The van der Waals surface area contributed by atoms with Gasteiger partial charge >= 0.3 is 5.97 Å². The number of nitrogens with zero attached hydrogens (tertiary/aromatic N) is 1. The lowest BCUT2D eigenvalue weighted by Gasteiger charge is -2.30. The molecule has 0 aliphatic carbocycles. The van der Waals surface area contributed by atoms with Crippen molar-refractivity contribution in [2.24, 2.45) is 5.73 Å². The van der Waals surface area contributed by atoms with Crippen molar-refractivity contribution in [2.45, 2.75) is 63.2 Å². The maximum Gasteiger partial charge on any atom is 0.303 e. The molecule has 0 saturated carbocycles. The number of rotatable bonds is 14. The summed E-state index contributed by atoms with van der Waals surface area (Å²) in [6, 6.07) is -3.91. The van der Waals surface area contributed by atoms with Gasteiger partial charge in [-0.2, -0.15) is 24.4 Å². The summed E-state index contributed by atoms with van der Waals surface area (Å²) in [7, 11) is 0. The number of amides is 5. The third-order valence-corrected chi connectivity index (χ3v) is 6.26. The molecule has 1 aliphatic rings. The van der Waals surface area contributed by atoms with Crippen molar-refractivity contribution < 1.29 is 33.9 Å². The molecule has 0 aromatic heterocycles. The van der Waals surface area contributed by atoms with Crippen molar-refractivity contribution >= 4 is 59.9 Å². The van der Waals surface area contributed by atoms with Gasteiger partial charge in [0.05, 0.1) is 0 Å². The number of hydrogen-bond acceptors (Lipinski definition) is 8. The first kappa shape index (κ1) is 29.6. The molecule has 1 heterocycles. The van der Waals surface area contributed by atoms with Gasteiger partial charge in [0, 0.05) is 25.6 Å². The molecule has 12 nitrogen and oxygen atoms in total. The molecular weight excluding hydrogens is 486 g/mol. The number of likely N-dealkylation sites (tertiary alicyclic amines) is 1. The molecular formula is C20H33N5O7S2. The summed E-state index contributed by atoms with van der Waals surface area (Å²) < 4.78 is 0. The number of thioether (sulfide) groups is 1. The monoisotopic (exact) mass is 519 g/mol. The maximum atomic E-state index is 13.3. The highest BCUT2D eigenvalue weighted by molar-refractivity contribution is 7.98. The van der Waals surface area contributed by atoms with E-state index in [1.165, 1.54) is 23.6 Å². The number of primary amides is 1. The zero-order valence-corrected chi connectivity index (χ0v) is 21.0. The van der Waals surface area contributed by atoms with E-state index in [2.05, 4.69) is 28.6 Å². The van der Waals surface area contributed by atoms with Crippen molar-refractivity contribution in [3.63, 3.8) is 0 Å². The Balaban J connectivity index is 3.00. The first-order valence-corrected chi connectivity index (χ1v) is 12.8. The van der Waals surface area contributed by atoms with Crippen LogP contribution in [-0.4, -0.2) is 94.0 Å². The largest absolute Gasteiger partial charge is 0.481 e. The second kappa shape index (κ2) is 14.7. The number of nitrogens with two attached hydrogens (primary N) is 1. The predicted molar refractivity (Wildman–Crippen MR) is 129 cm³/mol. The molecule has 0 bridgehead atoms. The minimum atomic E-state index is -1.13. The number of thiol groups is 1. The topological polar surface area (TPSA) is 188 Å². The van der Waals surface area contributed by atoms with Gasteiger partial charge in [-0.05, 0) is 37.7 Å². The fourth-order valence-electron chi connectivity index (χ4n) is 3.53. The third-order valence-electron chi connectivity index (χ3n) is 5.25. The van der Waals surface area contributed by atoms with Crippen LogP contribution in [0, 0.1) is 0 Å². The number of nitrogens with one attached hydrogen (secondary N) is 3. The Morgan fingerprint density at radius 3 is 2.29 bits per heavy atom. The van der Waals surface area contributed by atoms with Crippen LogP contribution in [0.15, 0.2) is 0 Å². The zero-order valence-electron chi connectivity index (χ0n) is 19.2. The van der Waals surface area contributed by atoms with Gasteiger partial charge in [-0.1, -0.05) is 0 Å². The van der Waals surface area contributed by atoms with E-state index in [-0.39, 0.29) is 25.0 Å². The Labute approximate surface area is 207 Å². The highest BCUT2D eigenvalue weighted by Crippen LogP contribution is 2.20.